The van der Waals surface area contributed by atoms with E-state index in [4.69, 9.17) is 0 Å². The highest BCUT2D eigenvalue weighted by atomic mass is 79.9. The van der Waals surface area contributed by atoms with Crippen LogP contribution in [0.5, 0.6) is 0 Å². The number of anilines is 1. The lowest BCUT2D eigenvalue weighted by Crippen LogP contribution is -2.37. The molecule has 0 fully saturated rings. The Hall–Kier alpha value is -2.81. The van der Waals surface area contributed by atoms with Gasteiger partial charge < -0.3 is 0 Å². The second kappa shape index (κ2) is 6.75. The number of nitrogens with zero attached hydrogens (tertiary/aromatic N) is 3. The Kier molecular flexibility index (Phi) is 4.93. The first-order chi connectivity index (χ1) is 11.2. The van der Waals surface area contributed by atoms with E-state index in [1.165, 1.54) is 12.1 Å². The molecule has 24 heavy (non-hydrogen) atoms. The number of rotatable bonds is 4. The Morgan fingerprint density at radius 1 is 1.04 bits per heavy atom. The maximum absolute atomic E-state index is 12.6. The number of halogens is 1. The van der Waals surface area contributed by atoms with Gasteiger partial charge in [0, 0.05) is 22.2 Å². The highest BCUT2D eigenvalue weighted by molar-refractivity contribution is 9.10. The molecular weight excluding hydrogens is 382 g/mol. The smallest absolute Gasteiger partial charge is 0.262 e. The molecule has 0 saturated carbocycles. The van der Waals surface area contributed by atoms with Crippen molar-refractivity contribution in [3.8, 4) is 0 Å². The first-order valence-corrected chi connectivity index (χ1v) is 7.51. The molecule has 0 unspecified atom stereocenters. The van der Waals surface area contributed by atoms with Crippen LogP contribution >= 0.6 is 15.9 Å². The van der Waals surface area contributed by atoms with E-state index in [2.05, 4.69) is 15.9 Å². The third-order valence-electron chi connectivity index (χ3n) is 3.35. The van der Waals surface area contributed by atoms with Crippen LogP contribution in [0.1, 0.15) is 21.5 Å². The second-order valence-electron chi connectivity index (χ2n) is 5.05. The summed E-state index contributed by atoms with van der Waals surface area (Å²) >= 11 is 3.30. The molecule has 0 aliphatic heterocycles. The highest BCUT2D eigenvalue weighted by Gasteiger charge is 2.31. The molecule has 0 aliphatic rings. The van der Waals surface area contributed by atoms with E-state index in [0.29, 0.717) is 16.1 Å². The molecule has 0 spiro atoms. The van der Waals surface area contributed by atoms with Crippen LogP contribution in [0.25, 0.3) is 0 Å². The van der Waals surface area contributed by atoms with Crippen LogP contribution in [0, 0.1) is 34.1 Å². The van der Waals surface area contributed by atoms with Gasteiger partial charge in [0.05, 0.1) is 4.92 Å². The van der Waals surface area contributed by atoms with Gasteiger partial charge in [0.15, 0.2) is 5.03 Å². The van der Waals surface area contributed by atoms with E-state index in [1.54, 1.807) is 26.0 Å². The number of non-ortho nitro benzene ring substituents is 1. The SMILES string of the molecule is Cc1cc(Br)cc(C)c1N(C(=O)c1ccc([N+](=O)[O-])cc1)[N+](=O)[O-]. The predicted molar refractivity (Wildman–Crippen MR) is 90.5 cm³/mol. The lowest BCUT2D eigenvalue weighted by molar-refractivity contribution is -0.481. The van der Waals surface area contributed by atoms with Gasteiger partial charge in [0.25, 0.3) is 5.69 Å². The summed E-state index contributed by atoms with van der Waals surface area (Å²) in [5.74, 6) is -0.872. The molecule has 1 amide bonds. The van der Waals surface area contributed by atoms with Gasteiger partial charge >= 0.3 is 5.91 Å². The first kappa shape index (κ1) is 17.5. The molecule has 9 heteroatoms. The second-order valence-corrected chi connectivity index (χ2v) is 5.96. The van der Waals surface area contributed by atoms with Crippen molar-refractivity contribution in [2.24, 2.45) is 0 Å². The Balaban J connectivity index is 2.50. The molecule has 0 N–H and O–H groups in total. The zero-order valence-corrected chi connectivity index (χ0v) is 14.3. The number of hydrogen-bond acceptors (Lipinski definition) is 5. The number of hydrazine groups is 1. The van der Waals surface area contributed by atoms with Crippen LogP contribution in [0.2, 0.25) is 0 Å². The lowest BCUT2D eigenvalue weighted by Gasteiger charge is -2.17. The minimum Gasteiger partial charge on any atom is -0.262 e. The molecule has 0 heterocycles. The summed E-state index contributed by atoms with van der Waals surface area (Å²) in [6.45, 7) is 3.32. The van der Waals surface area contributed by atoms with Crippen LogP contribution in [0.3, 0.4) is 0 Å². The van der Waals surface area contributed by atoms with E-state index in [9.17, 15) is 25.0 Å². The van der Waals surface area contributed by atoms with E-state index in [-0.39, 0.29) is 16.9 Å². The fraction of sp³-hybridized carbons (Fsp3) is 0.133. The van der Waals surface area contributed by atoms with Crippen LogP contribution in [-0.2, 0) is 0 Å². The molecule has 2 aromatic carbocycles. The number of aryl methyl sites for hydroxylation is 2. The molecule has 0 radical (unpaired) electrons. The number of carbonyl (C=O) groups excluding carboxylic acids is 1. The maximum atomic E-state index is 12.6. The van der Waals surface area contributed by atoms with Gasteiger partial charge in [-0.3, -0.25) is 14.9 Å². The zero-order chi connectivity index (χ0) is 18.0. The topological polar surface area (TPSA) is 107 Å². The van der Waals surface area contributed by atoms with Crippen molar-refractivity contribution in [3.63, 3.8) is 0 Å². The maximum Gasteiger partial charge on any atom is 0.319 e. The van der Waals surface area contributed by atoms with Gasteiger partial charge in [-0.05, 0) is 54.2 Å². The fourth-order valence-electron chi connectivity index (χ4n) is 2.34. The summed E-state index contributed by atoms with van der Waals surface area (Å²) in [6, 6.07) is 7.99. The van der Waals surface area contributed by atoms with Gasteiger partial charge in [-0.25, -0.2) is 10.1 Å². The van der Waals surface area contributed by atoms with Crippen LogP contribution in [-0.4, -0.2) is 15.9 Å². The third kappa shape index (κ3) is 3.40. The van der Waals surface area contributed by atoms with Crippen molar-refractivity contribution in [3.05, 3.63) is 77.8 Å². The van der Waals surface area contributed by atoms with Crippen LogP contribution < -0.4 is 5.01 Å². The van der Waals surface area contributed by atoms with Gasteiger partial charge in [0.2, 0.25) is 0 Å². The standard InChI is InChI=1S/C15H12BrN3O5/c1-9-7-12(16)8-10(2)14(9)17(19(23)24)15(20)11-3-5-13(6-4-11)18(21)22/h3-8H,1-2H3. The van der Waals surface area contributed by atoms with Gasteiger partial charge in [-0.1, -0.05) is 15.9 Å². The van der Waals surface area contributed by atoms with Gasteiger partial charge in [0.1, 0.15) is 5.69 Å². The van der Waals surface area contributed by atoms with Gasteiger partial charge in [-0.15, -0.1) is 0 Å². The Morgan fingerprint density at radius 2 is 1.54 bits per heavy atom. The normalized spacial score (nSPS) is 10.3. The molecule has 0 saturated heterocycles. The highest BCUT2D eigenvalue weighted by Crippen LogP contribution is 2.30. The number of amides is 1. The molecule has 0 atom stereocenters. The summed E-state index contributed by atoms with van der Waals surface area (Å²) in [4.78, 5) is 34.1. The van der Waals surface area contributed by atoms with E-state index in [1.807, 2.05) is 0 Å². The van der Waals surface area contributed by atoms with Crippen molar-refractivity contribution in [2.45, 2.75) is 13.8 Å². The Labute approximate surface area is 145 Å². The molecule has 0 aliphatic carbocycles. The quantitative estimate of drug-likeness (QED) is 0.579. The number of nitro benzene ring substituents is 1. The van der Waals surface area contributed by atoms with Crippen molar-refractivity contribution in [1.29, 1.82) is 0 Å². The minimum absolute atomic E-state index is 0.0148. The van der Waals surface area contributed by atoms with E-state index >= 15 is 0 Å². The molecular formula is C15H12BrN3O5. The molecule has 124 valence electrons. The molecule has 0 aromatic heterocycles. The number of carbonyl (C=O) groups is 1. The van der Waals surface area contributed by atoms with Crippen molar-refractivity contribution in [1.82, 2.24) is 0 Å². The minimum atomic E-state index is -0.872. The Morgan fingerprint density at radius 3 is 1.96 bits per heavy atom. The fourth-order valence-corrected chi connectivity index (χ4v) is 3.03. The lowest BCUT2D eigenvalue weighted by atomic mass is 10.1. The average molecular weight is 394 g/mol. The zero-order valence-electron chi connectivity index (χ0n) is 12.7. The average Bonchev–Trinajstić information content (AvgIpc) is 2.49. The molecule has 2 rings (SSSR count). The largest absolute Gasteiger partial charge is 0.319 e. The van der Waals surface area contributed by atoms with E-state index in [0.717, 1.165) is 16.6 Å². The third-order valence-corrected chi connectivity index (χ3v) is 3.81. The summed E-state index contributed by atoms with van der Waals surface area (Å²) < 4.78 is 0.743. The first-order valence-electron chi connectivity index (χ1n) is 6.72. The molecule has 8 nitrogen and oxygen atoms in total. The van der Waals surface area contributed by atoms with Crippen molar-refractivity contribution >= 4 is 33.2 Å². The molecule has 0 bridgehead atoms. The van der Waals surface area contributed by atoms with E-state index < -0.39 is 15.9 Å². The van der Waals surface area contributed by atoms with Crippen LogP contribution in [0.4, 0.5) is 11.4 Å². The number of benzene rings is 2. The summed E-state index contributed by atoms with van der Waals surface area (Å²) in [7, 11) is 0. The van der Waals surface area contributed by atoms with Crippen molar-refractivity contribution < 1.29 is 14.8 Å². The van der Waals surface area contributed by atoms with Crippen molar-refractivity contribution in [2.75, 3.05) is 5.01 Å². The summed E-state index contributed by atoms with van der Waals surface area (Å²) in [5, 5.41) is 21.8. The van der Waals surface area contributed by atoms with Gasteiger partial charge in [-0.2, -0.15) is 0 Å². The predicted octanol–water partition coefficient (Wildman–Crippen LogP) is 3.81. The monoisotopic (exact) mass is 393 g/mol. The number of hydrogen-bond donors (Lipinski definition) is 0. The van der Waals surface area contributed by atoms with Crippen LogP contribution in [0.15, 0.2) is 40.9 Å². The molecule has 2 aromatic rings. The summed E-state index contributed by atoms with van der Waals surface area (Å²) in [5.41, 5.74) is 1.06. The number of nitro groups is 2. The Bertz CT molecular complexity index is 812. The summed E-state index contributed by atoms with van der Waals surface area (Å²) in [6.07, 6.45) is 0.